The third-order valence-corrected chi connectivity index (χ3v) is 3.66. The van der Waals surface area contributed by atoms with Gasteiger partial charge in [0.1, 0.15) is 6.67 Å². The number of thioether (sulfide) groups is 1. The lowest BCUT2D eigenvalue weighted by Gasteiger charge is -2.23. The highest BCUT2D eigenvalue weighted by Crippen LogP contribution is 2.12. The maximum atomic E-state index is 4.41. The van der Waals surface area contributed by atoms with E-state index < -0.39 is 0 Å². The van der Waals surface area contributed by atoms with E-state index in [-0.39, 0.29) is 0 Å². The van der Waals surface area contributed by atoms with Crippen molar-refractivity contribution in [3.63, 3.8) is 0 Å². The van der Waals surface area contributed by atoms with Crippen molar-refractivity contribution in [2.24, 2.45) is 9.98 Å². The van der Waals surface area contributed by atoms with Gasteiger partial charge >= 0.3 is 0 Å². The molecule has 0 unspecified atom stereocenters. The Bertz CT molecular complexity index is 367. The van der Waals surface area contributed by atoms with Crippen molar-refractivity contribution in [1.82, 2.24) is 10.2 Å². The minimum absolute atomic E-state index is 0.543. The van der Waals surface area contributed by atoms with Crippen LogP contribution in [0.2, 0.25) is 0 Å². The fourth-order valence-electron chi connectivity index (χ4n) is 1.91. The first-order valence-corrected chi connectivity index (χ1v) is 7.31. The smallest absolute Gasteiger partial charge is 0.201 e. The standard InChI is InChI=1S/C13H20N4S/c1-2-3-4-7-10-18-13-15-11-14-12(16-13)17-8-5-6-9-17/h2,7,10H,1,3-6,8-9,11H2,(H,14,15,16)/b10-7+. The molecule has 1 N–H and O–H groups in total. The summed E-state index contributed by atoms with van der Waals surface area (Å²) in [5.74, 6) is 0.990. The summed E-state index contributed by atoms with van der Waals surface area (Å²) in [6.45, 7) is 6.47. The van der Waals surface area contributed by atoms with Gasteiger partial charge in [-0.3, -0.25) is 0 Å². The predicted molar refractivity (Wildman–Crippen MR) is 79.8 cm³/mol. The Balaban J connectivity index is 1.75. The van der Waals surface area contributed by atoms with E-state index in [0.717, 1.165) is 37.1 Å². The number of hydrogen-bond donors (Lipinski definition) is 1. The van der Waals surface area contributed by atoms with Crippen LogP contribution in [-0.2, 0) is 0 Å². The molecule has 0 aromatic heterocycles. The Morgan fingerprint density at radius 1 is 1.28 bits per heavy atom. The number of guanidine groups is 1. The van der Waals surface area contributed by atoms with Gasteiger partial charge in [0, 0.05) is 13.1 Å². The van der Waals surface area contributed by atoms with Gasteiger partial charge in [-0.25, -0.2) is 9.98 Å². The molecular formula is C13H20N4S. The average Bonchev–Trinajstić information content (AvgIpc) is 2.93. The lowest BCUT2D eigenvalue weighted by Crippen LogP contribution is -2.43. The highest BCUT2D eigenvalue weighted by molar-refractivity contribution is 8.16. The van der Waals surface area contributed by atoms with E-state index in [1.165, 1.54) is 12.8 Å². The molecule has 0 aliphatic carbocycles. The van der Waals surface area contributed by atoms with Crippen molar-refractivity contribution in [1.29, 1.82) is 0 Å². The molecular weight excluding hydrogens is 244 g/mol. The summed E-state index contributed by atoms with van der Waals surface area (Å²) < 4.78 is 0. The fraction of sp³-hybridized carbons (Fsp3) is 0.538. The van der Waals surface area contributed by atoms with Gasteiger partial charge in [-0.1, -0.05) is 23.9 Å². The first-order chi connectivity index (χ1) is 8.90. The predicted octanol–water partition coefficient (Wildman–Crippen LogP) is 2.57. The lowest BCUT2D eigenvalue weighted by molar-refractivity contribution is 0.502. The fourth-order valence-corrected chi connectivity index (χ4v) is 2.55. The van der Waals surface area contributed by atoms with Crippen LogP contribution in [0, 0.1) is 0 Å². The summed E-state index contributed by atoms with van der Waals surface area (Å²) in [7, 11) is 0. The number of nitrogens with zero attached hydrogens (tertiary/aromatic N) is 3. The third kappa shape index (κ3) is 3.91. The van der Waals surface area contributed by atoms with Gasteiger partial charge < -0.3 is 10.2 Å². The zero-order chi connectivity index (χ0) is 12.6. The monoisotopic (exact) mass is 264 g/mol. The molecule has 5 heteroatoms. The maximum absolute atomic E-state index is 4.41. The summed E-state index contributed by atoms with van der Waals surface area (Å²) in [5, 5.41) is 6.34. The van der Waals surface area contributed by atoms with Crippen LogP contribution in [0.1, 0.15) is 25.7 Å². The second-order valence-electron chi connectivity index (χ2n) is 4.26. The lowest BCUT2D eigenvalue weighted by atomic mass is 10.3. The van der Waals surface area contributed by atoms with E-state index in [4.69, 9.17) is 0 Å². The molecule has 4 nitrogen and oxygen atoms in total. The molecule has 0 bridgehead atoms. The first-order valence-electron chi connectivity index (χ1n) is 6.43. The van der Waals surface area contributed by atoms with Crippen LogP contribution >= 0.6 is 11.8 Å². The van der Waals surface area contributed by atoms with E-state index in [0.29, 0.717) is 6.67 Å². The summed E-state index contributed by atoms with van der Waals surface area (Å²) in [6, 6.07) is 0. The van der Waals surface area contributed by atoms with Crippen LogP contribution in [0.15, 0.2) is 34.1 Å². The quantitative estimate of drug-likeness (QED) is 0.626. The largest absolute Gasteiger partial charge is 0.343 e. The topological polar surface area (TPSA) is 40.0 Å². The van der Waals surface area contributed by atoms with Crippen molar-refractivity contribution in [2.45, 2.75) is 25.7 Å². The van der Waals surface area contributed by atoms with E-state index in [2.05, 4.69) is 38.3 Å². The number of amidine groups is 1. The minimum atomic E-state index is 0.543. The molecule has 2 heterocycles. The van der Waals surface area contributed by atoms with Gasteiger partial charge in [-0.2, -0.15) is 0 Å². The molecule has 2 aliphatic rings. The number of likely N-dealkylation sites (tertiary alicyclic amines) is 1. The first kappa shape index (κ1) is 13.2. The van der Waals surface area contributed by atoms with Crippen molar-refractivity contribution in [3.05, 3.63) is 24.1 Å². The van der Waals surface area contributed by atoms with Crippen molar-refractivity contribution in [3.8, 4) is 0 Å². The summed E-state index contributed by atoms with van der Waals surface area (Å²) in [6.07, 6.45) is 8.68. The molecule has 0 aromatic rings. The van der Waals surface area contributed by atoms with Crippen molar-refractivity contribution < 1.29 is 0 Å². The van der Waals surface area contributed by atoms with E-state index in [1.807, 2.05) is 6.08 Å². The summed E-state index contributed by atoms with van der Waals surface area (Å²) >= 11 is 1.63. The Labute approximate surface area is 113 Å². The second kappa shape index (κ2) is 7.26. The molecule has 0 spiro atoms. The number of hydrogen-bond acceptors (Lipinski definition) is 5. The van der Waals surface area contributed by atoms with Crippen LogP contribution in [0.4, 0.5) is 0 Å². The number of allylic oxidation sites excluding steroid dienone is 2. The normalized spacial score (nSPS) is 19.7. The Morgan fingerprint density at radius 3 is 2.89 bits per heavy atom. The molecule has 98 valence electrons. The van der Waals surface area contributed by atoms with E-state index >= 15 is 0 Å². The highest BCUT2D eigenvalue weighted by atomic mass is 32.2. The van der Waals surface area contributed by atoms with Gasteiger partial charge in [0.05, 0.1) is 0 Å². The maximum Gasteiger partial charge on any atom is 0.201 e. The third-order valence-electron chi connectivity index (χ3n) is 2.87. The van der Waals surface area contributed by atoms with E-state index in [9.17, 15) is 0 Å². The molecule has 18 heavy (non-hydrogen) atoms. The molecule has 0 aromatic carbocycles. The molecule has 0 atom stereocenters. The van der Waals surface area contributed by atoms with Crippen LogP contribution in [0.25, 0.3) is 0 Å². The zero-order valence-electron chi connectivity index (χ0n) is 10.6. The van der Waals surface area contributed by atoms with Crippen molar-refractivity contribution >= 4 is 22.9 Å². The Hall–Kier alpha value is -1.23. The minimum Gasteiger partial charge on any atom is -0.343 e. The van der Waals surface area contributed by atoms with Crippen LogP contribution < -0.4 is 5.32 Å². The number of aliphatic imine (C=N–C) groups is 2. The van der Waals surface area contributed by atoms with Crippen molar-refractivity contribution in [2.75, 3.05) is 19.8 Å². The van der Waals surface area contributed by atoms with Gasteiger partial charge in [0.15, 0.2) is 5.17 Å². The molecule has 2 rings (SSSR count). The van der Waals surface area contributed by atoms with E-state index in [1.54, 1.807) is 11.8 Å². The average molecular weight is 264 g/mol. The van der Waals surface area contributed by atoms with Crippen LogP contribution in [0.5, 0.6) is 0 Å². The molecule has 0 saturated carbocycles. The number of unbranched alkanes of at least 4 members (excludes halogenated alkanes) is 1. The second-order valence-corrected chi connectivity index (χ2v) is 5.16. The molecule has 1 fully saturated rings. The molecule has 1 saturated heterocycles. The molecule has 0 radical (unpaired) electrons. The molecule has 0 amide bonds. The summed E-state index contributed by atoms with van der Waals surface area (Å²) in [5.41, 5.74) is 0. The van der Waals surface area contributed by atoms with Gasteiger partial charge in [0.2, 0.25) is 5.96 Å². The van der Waals surface area contributed by atoms with Gasteiger partial charge in [-0.15, -0.1) is 6.58 Å². The van der Waals surface area contributed by atoms with Crippen LogP contribution in [-0.4, -0.2) is 35.8 Å². The SMILES string of the molecule is C=CCC/C=C/SC1=NCN=C(N2CCCC2)N1. The molecule has 2 aliphatic heterocycles. The van der Waals surface area contributed by atoms with Crippen LogP contribution in [0.3, 0.4) is 0 Å². The van der Waals surface area contributed by atoms with Gasteiger partial charge in [-0.05, 0) is 31.1 Å². The van der Waals surface area contributed by atoms with Gasteiger partial charge in [0.25, 0.3) is 0 Å². The number of nitrogens with one attached hydrogen (secondary N) is 1. The zero-order valence-corrected chi connectivity index (χ0v) is 11.5. The number of rotatable bonds is 4. The Morgan fingerprint density at radius 2 is 2.11 bits per heavy atom. The summed E-state index contributed by atoms with van der Waals surface area (Å²) in [4.78, 5) is 11.1. The Kier molecular flexibility index (Phi) is 5.33. The highest BCUT2D eigenvalue weighted by Gasteiger charge is 2.18.